The van der Waals surface area contributed by atoms with Crippen LogP contribution in [-0.2, 0) is 14.3 Å². The molecule has 4 atom stereocenters. The van der Waals surface area contributed by atoms with Crippen molar-refractivity contribution in [2.75, 3.05) is 6.61 Å². The number of carbonyl (C=O) groups excluding carboxylic acids is 2. The first-order chi connectivity index (χ1) is 12.4. The highest BCUT2D eigenvalue weighted by molar-refractivity contribution is 5.77. The molecule has 2 amide bonds. The van der Waals surface area contributed by atoms with E-state index in [0.29, 0.717) is 0 Å². The average molecular weight is 364 g/mol. The Labute approximate surface area is 151 Å². The van der Waals surface area contributed by atoms with Crippen LogP contribution >= 0.6 is 0 Å². The van der Waals surface area contributed by atoms with Crippen LogP contribution in [0.3, 0.4) is 0 Å². The largest absolute Gasteiger partial charge is 0.465 e. The third-order valence-corrected chi connectivity index (χ3v) is 4.38. The molecule has 8 heteroatoms. The van der Waals surface area contributed by atoms with Crippen LogP contribution in [-0.4, -0.2) is 46.9 Å². The second kappa shape index (κ2) is 9.19. The van der Waals surface area contributed by atoms with Crippen molar-refractivity contribution in [1.82, 2.24) is 10.6 Å². The van der Waals surface area contributed by atoms with Crippen LogP contribution in [0.5, 0.6) is 0 Å². The number of nitrogens with one attached hydrogen (secondary N) is 2. The molecular formula is C18H24N2O6. The van der Waals surface area contributed by atoms with Gasteiger partial charge in [-0.25, -0.2) is 4.79 Å². The first kappa shape index (κ1) is 19.7. The van der Waals surface area contributed by atoms with Crippen LogP contribution in [0.25, 0.3) is 0 Å². The maximum Gasteiger partial charge on any atom is 0.404 e. The molecule has 1 fully saturated rings. The number of amides is 2. The van der Waals surface area contributed by atoms with Crippen molar-refractivity contribution in [2.45, 2.75) is 44.4 Å². The number of esters is 1. The molecule has 1 aromatic rings. The quantitative estimate of drug-likeness (QED) is 0.585. The Morgan fingerprint density at radius 3 is 2.62 bits per heavy atom. The Bertz CT molecular complexity index is 636. The molecule has 1 aliphatic heterocycles. The van der Waals surface area contributed by atoms with E-state index < -0.39 is 36.2 Å². The summed E-state index contributed by atoms with van der Waals surface area (Å²) in [6.07, 6.45) is -2.18. The van der Waals surface area contributed by atoms with Gasteiger partial charge in [-0.1, -0.05) is 37.3 Å². The number of hydrogen-bond donors (Lipinski definition) is 4. The van der Waals surface area contributed by atoms with Gasteiger partial charge < -0.3 is 25.6 Å². The standard InChI is InChI=1S/C18H24N2O6/c1-11-9-15(21)13(20-18(24)25)7-8-16(22)19-14(10-26-17(11)23)12-5-3-2-4-6-12/h2-6,11,13-15,20-21H,7-10H2,1H3,(H,19,22)(H,24,25)/t11-,13?,14+,15?/m1/s1. The summed E-state index contributed by atoms with van der Waals surface area (Å²) in [5.41, 5.74) is 0.804. The van der Waals surface area contributed by atoms with Gasteiger partial charge in [-0.2, -0.15) is 0 Å². The zero-order valence-corrected chi connectivity index (χ0v) is 14.6. The molecule has 0 spiro atoms. The molecule has 0 aliphatic carbocycles. The highest BCUT2D eigenvalue weighted by Crippen LogP contribution is 2.19. The van der Waals surface area contributed by atoms with Crippen LogP contribution in [0.4, 0.5) is 4.79 Å². The fourth-order valence-corrected chi connectivity index (χ4v) is 2.91. The van der Waals surface area contributed by atoms with E-state index in [-0.39, 0.29) is 31.8 Å². The van der Waals surface area contributed by atoms with E-state index in [4.69, 9.17) is 9.84 Å². The summed E-state index contributed by atoms with van der Waals surface area (Å²) < 4.78 is 5.31. The molecule has 1 aromatic carbocycles. The van der Waals surface area contributed by atoms with E-state index in [9.17, 15) is 19.5 Å². The Balaban J connectivity index is 2.18. The molecule has 2 rings (SSSR count). The number of benzene rings is 1. The normalized spacial score (nSPS) is 28.1. The smallest absolute Gasteiger partial charge is 0.404 e. The predicted octanol–water partition coefficient (Wildman–Crippen LogP) is 1.20. The highest BCUT2D eigenvalue weighted by Gasteiger charge is 2.29. The van der Waals surface area contributed by atoms with Crippen molar-refractivity contribution in [3.8, 4) is 0 Å². The number of carbonyl (C=O) groups is 3. The summed E-state index contributed by atoms with van der Waals surface area (Å²) in [4.78, 5) is 35.4. The summed E-state index contributed by atoms with van der Waals surface area (Å²) in [7, 11) is 0. The zero-order valence-electron chi connectivity index (χ0n) is 14.6. The number of carboxylic acid groups (broad SMARTS) is 1. The number of aliphatic hydroxyl groups is 1. The summed E-state index contributed by atoms with van der Waals surface area (Å²) in [6, 6.07) is 7.81. The van der Waals surface area contributed by atoms with Crippen molar-refractivity contribution >= 4 is 18.0 Å². The van der Waals surface area contributed by atoms with E-state index in [2.05, 4.69) is 10.6 Å². The Morgan fingerprint density at radius 2 is 1.96 bits per heavy atom. The van der Waals surface area contributed by atoms with Gasteiger partial charge in [0.05, 0.1) is 24.1 Å². The minimum Gasteiger partial charge on any atom is -0.465 e. The third-order valence-electron chi connectivity index (χ3n) is 4.38. The average Bonchev–Trinajstić information content (AvgIpc) is 2.61. The first-order valence-electron chi connectivity index (χ1n) is 8.55. The van der Waals surface area contributed by atoms with Gasteiger partial charge in [-0.15, -0.1) is 0 Å². The molecule has 2 unspecified atom stereocenters. The van der Waals surface area contributed by atoms with Crippen LogP contribution in [0.1, 0.15) is 37.8 Å². The van der Waals surface area contributed by atoms with Crippen molar-refractivity contribution in [2.24, 2.45) is 5.92 Å². The second-order valence-corrected chi connectivity index (χ2v) is 6.46. The summed E-state index contributed by atoms with van der Waals surface area (Å²) >= 11 is 0. The molecule has 1 heterocycles. The number of ether oxygens (including phenoxy) is 1. The van der Waals surface area contributed by atoms with E-state index in [0.717, 1.165) is 5.56 Å². The predicted molar refractivity (Wildman–Crippen MR) is 92.3 cm³/mol. The lowest BCUT2D eigenvalue weighted by atomic mass is 9.95. The minimum absolute atomic E-state index is 0.00811. The number of cyclic esters (lactones) is 1. The Kier molecular flexibility index (Phi) is 6.97. The molecule has 26 heavy (non-hydrogen) atoms. The third kappa shape index (κ3) is 5.73. The first-order valence-corrected chi connectivity index (χ1v) is 8.55. The van der Waals surface area contributed by atoms with E-state index >= 15 is 0 Å². The molecule has 0 saturated carbocycles. The summed E-state index contributed by atoms with van der Waals surface area (Å²) in [5, 5.41) is 24.2. The molecule has 1 aliphatic rings. The van der Waals surface area contributed by atoms with Crippen LogP contribution < -0.4 is 10.6 Å². The monoisotopic (exact) mass is 364 g/mol. The van der Waals surface area contributed by atoms with Crippen LogP contribution in [0.2, 0.25) is 0 Å². The van der Waals surface area contributed by atoms with Crippen molar-refractivity contribution in [1.29, 1.82) is 0 Å². The van der Waals surface area contributed by atoms with Crippen molar-refractivity contribution in [3.63, 3.8) is 0 Å². The molecule has 1 saturated heterocycles. The molecule has 0 radical (unpaired) electrons. The van der Waals surface area contributed by atoms with Crippen LogP contribution in [0.15, 0.2) is 30.3 Å². The minimum atomic E-state index is -1.29. The lowest BCUT2D eigenvalue weighted by molar-refractivity contribution is -0.150. The van der Waals surface area contributed by atoms with Gasteiger partial charge in [0.1, 0.15) is 6.61 Å². The number of rotatable bonds is 2. The summed E-state index contributed by atoms with van der Waals surface area (Å²) in [5.74, 6) is -1.42. The van der Waals surface area contributed by atoms with Crippen LogP contribution in [0, 0.1) is 5.92 Å². The Morgan fingerprint density at radius 1 is 1.27 bits per heavy atom. The van der Waals surface area contributed by atoms with Gasteiger partial charge in [0.25, 0.3) is 0 Å². The topological polar surface area (TPSA) is 125 Å². The molecule has 4 N–H and O–H groups in total. The summed E-state index contributed by atoms with van der Waals surface area (Å²) in [6.45, 7) is 1.61. The maximum absolute atomic E-state index is 12.3. The van der Waals surface area contributed by atoms with E-state index in [1.165, 1.54) is 0 Å². The lowest BCUT2D eigenvalue weighted by Gasteiger charge is -2.27. The number of hydrogen-bond acceptors (Lipinski definition) is 5. The lowest BCUT2D eigenvalue weighted by Crippen LogP contribution is -2.45. The van der Waals surface area contributed by atoms with Gasteiger partial charge in [0.2, 0.25) is 5.91 Å². The zero-order chi connectivity index (χ0) is 19.1. The van der Waals surface area contributed by atoms with Crippen molar-refractivity contribution < 1.29 is 29.3 Å². The fraction of sp³-hybridized carbons (Fsp3) is 0.500. The number of aliphatic hydroxyl groups excluding tert-OH is 1. The van der Waals surface area contributed by atoms with Gasteiger partial charge >= 0.3 is 12.1 Å². The van der Waals surface area contributed by atoms with Gasteiger partial charge in [-0.05, 0) is 18.4 Å². The maximum atomic E-state index is 12.3. The SMILES string of the molecule is C[C@@H]1CC(O)C(NC(=O)O)CCC(=O)N[C@H](c2ccccc2)COC1=O. The van der Waals surface area contributed by atoms with E-state index in [1.807, 2.05) is 30.3 Å². The fourth-order valence-electron chi connectivity index (χ4n) is 2.91. The molecule has 0 bridgehead atoms. The molecule has 0 aromatic heterocycles. The second-order valence-electron chi connectivity index (χ2n) is 6.46. The molecule has 8 nitrogen and oxygen atoms in total. The molecular weight excluding hydrogens is 340 g/mol. The molecule has 142 valence electrons. The van der Waals surface area contributed by atoms with Crippen molar-refractivity contribution in [3.05, 3.63) is 35.9 Å². The Hall–Kier alpha value is -2.61. The van der Waals surface area contributed by atoms with Gasteiger partial charge in [-0.3, -0.25) is 9.59 Å². The highest BCUT2D eigenvalue weighted by atomic mass is 16.5. The van der Waals surface area contributed by atoms with Gasteiger partial charge in [0.15, 0.2) is 0 Å². The van der Waals surface area contributed by atoms with Gasteiger partial charge in [0, 0.05) is 6.42 Å². The van der Waals surface area contributed by atoms with E-state index in [1.54, 1.807) is 6.92 Å².